The summed E-state index contributed by atoms with van der Waals surface area (Å²) in [6, 6.07) is 5.14. The highest BCUT2D eigenvalue weighted by Crippen LogP contribution is 2.28. The summed E-state index contributed by atoms with van der Waals surface area (Å²) in [7, 11) is 1.48. The Morgan fingerprint density at radius 1 is 1.30 bits per heavy atom. The van der Waals surface area contributed by atoms with Crippen molar-refractivity contribution in [3.05, 3.63) is 24.0 Å². The zero-order chi connectivity index (χ0) is 14.4. The number of ether oxygens (including phenoxy) is 1. The molecule has 1 aliphatic carbocycles. The van der Waals surface area contributed by atoms with Gasteiger partial charge < -0.3 is 15.8 Å². The number of nitrogens with one attached hydrogen (secondary N) is 1. The minimum atomic E-state index is -0.336. The van der Waals surface area contributed by atoms with E-state index < -0.39 is 0 Å². The Morgan fingerprint density at radius 2 is 2.00 bits per heavy atom. The molecular weight excluding hydrogens is 255 g/mol. The van der Waals surface area contributed by atoms with Crippen LogP contribution in [0.15, 0.2) is 18.2 Å². The first kappa shape index (κ1) is 15.1. The van der Waals surface area contributed by atoms with Gasteiger partial charge in [0.2, 0.25) is 0 Å². The number of benzene rings is 1. The van der Waals surface area contributed by atoms with Gasteiger partial charge in [-0.3, -0.25) is 0 Å². The summed E-state index contributed by atoms with van der Waals surface area (Å²) in [6.07, 6.45) is 7.70. The zero-order valence-corrected chi connectivity index (χ0v) is 12.2. The van der Waals surface area contributed by atoms with Gasteiger partial charge in [-0.15, -0.1) is 0 Å². The SMILES string of the molecule is COc1cc(NC(CN)C2CCCCCC2)ccc1F. The van der Waals surface area contributed by atoms with Crippen LogP contribution in [0.1, 0.15) is 38.5 Å². The maximum Gasteiger partial charge on any atom is 0.165 e. The van der Waals surface area contributed by atoms with Crippen molar-refractivity contribution in [3.63, 3.8) is 0 Å². The third kappa shape index (κ3) is 3.85. The van der Waals surface area contributed by atoms with E-state index in [0.29, 0.717) is 12.5 Å². The van der Waals surface area contributed by atoms with Crippen LogP contribution < -0.4 is 15.8 Å². The maximum absolute atomic E-state index is 13.4. The number of hydrogen-bond acceptors (Lipinski definition) is 3. The highest BCUT2D eigenvalue weighted by Gasteiger charge is 2.21. The number of hydrogen-bond donors (Lipinski definition) is 2. The maximum atomic E-state index is 13.4. The Balaban J connectivity index is 2.05. The molecule has 1 fully saturated rings. The van der Waals surface area contributed by atoms with Crippen molar-refractivity contribution < 1.29 is 9.13 Å². The summed E-state index contributed by atoms with van der Waals surface area (Å²) < 4.78 is 18.4. The number of methoxy groups -OCH3 is 1. The van der Waals surface area contributed by atoms with E-state index in [1.807, 2.05) is 0 Å². The fraction of sp³-hybridized carbons (Fsp3) is 0.625. The van der Waals surface area contributed by atoms with Crippen LogP contribution >= 0.6 is 0 Å². The Hall–Kier alpha value is -1.29. The molecule has 0 radical (unpaired) electrons. The molecule has 20 heavy (non-hydrogen) atoms. The Labute approximate surface area is 120 Å². The molecule has 1 atom stereocenters. The Morgan fingerprint density at radius 3 is 2.60 bits per heavy atom. The van der Waals surface area contributed by atoms with Crippen molar-refractivity contribution >= 4 is 5.69 Å². The van der Waals surface area contributed by atoms with Crippen molar-refractivity contribution in [2.45, 2.75) is 44.6 Å². The van der Waals surface area contributed by atoms with Crippen molar-refractivity contribution in [2.24, 2.45) is 11.7 Å². The predicted molar refractivity (Wildman–Crippen MR) is 80.6 cm³/mol. The van der Waals surface area contributed by atoms with Crippen molar-refractivity contribution in [2.75, 3.05) is 19.0 Å². The molecule has 0 aromatic heterocycles. The van der Waals surface area contributed by atoms with Gasteiger partial charge in [-0.1, -0.05) is 25.7 Å². The Kier molecular flexibility index (Phi) is 5.65. The highest BCUT2D eigenvalue weighted by atomic mass is 19.1. The second-order valence-corrected chi connectivity index (χ2v) is 5.59. The zero-order valence-electron chi connectivity index (χ0n) is 12.2. The lowest BCUT2D eigenvalue weighted by Crippen LogP contribution is -2.36. The van der Waals surface area contributed by atoms with Gasteiger partial charge in [-0.2, -0.15) is 0 Å². The van der Waals surface area contributed by atoms with E-state index in [4.69, 9.17) is 10.5 Å². The topological polar surface area (TPSA) is 47.3 Å². The number of anilines is 1. The van der Waals surface area contributed by atoms with Crippen LogP contribution in [-0.4, -0.2) is 19.7 Å². The molecule has 0 aliphatic heterocycles. The lowest BCUT2D eigenvalue weighted by Gasteiger charge is -2.27. The number of halogens is 1. The highest BCUT2D eigenvalue weighted by molar-refractivity contribution is 5.49. The van der Waals surface area contributed by atoms with E-state index in [9.17, 15) is 4.39 Å². The summed E-state index contributed by atoms with van der Waals surface area (Å²) in [5.41, 5.74) is 6.81. The molecule has 0 spiro atoms. The van der Waals surface area contributed by atoms with E-state index >= 15 is 0 Å². The van der Waals surface area contributed by atoms with Gasteiger partial charge in [0.15, 0.2) is 11.6 Å². The normalized spacial score (nSPS) is 18.4. The first-order chi connectivity index (χ1) is 9.74. The Bertz CT molecular complexity index is 417. The minimum Gasteiger partial charge on any atom is -0.494 e. The molecule has 0 amide bonds. The second kappa shape index (κ2) is 7.48. The van der Waals surface area contributed by atoms with Crippen LogP contribution in [0.3, 0.4) is 0 Å². The first-order valence-corrected chi connectivity index (χ1v) is 7.54. The molecule has 3 N–H and O–H groups in total. The van der Waals surface area contributed by atoms with E-state index in [-0.39, 0.29) is 17.6 Å². The lowest BCUT2D eigenvalue weighted by molar-refractivity contribution is 0.385. The summed E-state index contributed by atoms with van der Waals surface area (Å²) in [4.78, 5) is 0. The predicted octanol–water partition coefficient (Wildman–Crippen LogP) is 3.54. The van der Waals surface area contributed by atoms with Gasteiger partial charge in [0, 0.05) is 24.3 Å². The summed E-state index contributed by atoms with van der Waals surface area (Å²) in [5, 5.41) is 3.46. The molecular formula is C16H25FN2O. The molecule has 1 aromatic rings. The van der Waals surface area contributed by atoms with Gasteiger partial charge in [-0.05, 0) is 30.9 Å². The van der Waals surface area contributed by atoms with E-state index in [0.717, 1.165) is 5.69 Å². The van der Waals surface area contributed by atoms with Gasteiger partial charge in [0.1, 0.15) is 0 Å². The summed E-state index contributed by atoms with van der Waals surface area (Å²) in [5.74, 6) is 0.544. The quantitative estimate of drug-likeness (QED) is 0.811. The van der Waals surface area contributed by atoms with Gasteiger partial charge in [0.05, 0.1) is 7.11 Å². The van der Waals surface area contributed by atoms with Crippen molar-refractivity contribution in [3.8, 4) is 5.75 Å². The molecule has 112 valence electrons. The molecule has 0 heterocycles. The molecule has 0 saturated heterocycles. The van der Waals surface area contributed by atoms with Crippen LogP contribution in [0.5, 0.6) is 5.75 Å². The third-order valence-corrected chi connectivity index (χ3v) is 4.23. The van der Waals surface area contributed by atoms with Crippen molar-refractivity contribution in [1.82, 2.24) is 0 Å². The minimum absolute atomic E-state index is 0.253. The summed E-state index contributed by atoms with van der Waals surface area (Å²) in [6.45, 7) is 0.602. The van der Waals surface area contributed by atoms with Crippen LogP contribution in [0, 0.1) is 11.7 Å². The smallest absolute Gasteiger partial charge is 0.165 e. The third-order valence-electron chi connectivity index (χ3n) is 4.23. The van der Waals surface area contributed by atoms with E-state index in [2.05, 4.69) is 5.32 Å². The summed E-state index contributed by atoms with van der Waals surface area (Å²) >= 11 is 0. The molecule has 0 bridgehead atoms. The number of rotatable bonds is 5. The van der Waals surface area contributed by atoms with Gasteiger partial charge >= 0.3 is 0 Å². The average Bonchev–Trinajstić information content (AvgIpc) is 2.75. The van der Waals surface area contributed by atoms with Gasteiger partial charge in [-0.25, -0.2) is 4.39 Å². The second-order valence-electron chi connectivity index (χ2n) is 5.59. The first-order valence-electron chi connectivity index (χ1n) is 7.54. The van der Waals surface area contributed by atoms with Crippen LogP contribution in [0.2, 0.25) is 0 Å². The molecule has 1 aliphatic rings. The van der Waals surface area contributed by atoms with E-state index in [1.165, 1.54) is 51.7 Å². The number of nitrogens with two attached hydrogens (primary N) is 1. The molecule has 4 heteroatoms. The monoisotopic (exact) mass is 280 g/mol. The molecule has 3 nitrogen and oxygen atoms in total. The van der Waals surface area contributed by atoms with Crippen LogP contribution in [0.4, 0.5) is 10.1 Å². The fourth-order valence-corrected chi connectivity index (χ4v) is 3.05. The van der Waals surface area contributed by atoms with Crippen molar-refractivity contribution in [1.29, 1.82) is 0 Å². The standard InChI is InChI=1S/C16H25FN2O/c1-20-16-10-13(8-9-14(16)17)19-15(11-18)12-6-4-2-3-5-7-12/h8-10,12,15,19H,2-7,11,18H2,1H3. The fourth-order valence-electron chi connectivity index (χ4n) is 3.05. The molecule has 1 aromatic carbocycles. The van der Waals surface area contributed by atoms with Gasteiger partial charge in [0.25, 0.3) is 0 Å². The van der Waals surface area contributed by atoms with Crippen LogP contribution in [-0.2, 0) is 0 Å². The van der Waals surface area contributed by atoms with Crippen LogP contribution in [0.25, 0.3) is 0 Å². The molecule has 1 unspecified atom stereocenters. The lowest BCUT2D eigenvalue weighted by atomic mass is 9.91. The van der Waals surface area contributed by atoms with E-state index in [1.54, 1.807) is 12.1 Å². The molecule has 1 saturated carbocycles. The average molecular weight is 280 g/mol. The largest absolute Gasteiger partial charge is 0.494 e. The molecule has 2 rings (SSSR count).